The molecule has 4 rings (SSSR count). The van der Waals surface area contributed by atoms with Crippen molar-refractivity contribution < 1.29 is 9.53 Å². The van der Waals surface area contributed by atoms with E-state index in [1.165, 1.54) is 51.4 Å². The maximum Gasteiger partial charge on any atom is 0.302 e. The van der Waals surface area contributed by atoms with Crippen LogP contribution in [0.2, 0.25) is 0 Å². The number of carbonyl (C=O) groups excluding carboxylic acids is 1. The lowest BCUT2D eigenvalue weighted by molar-refractivity contribution is -0.144. The summed E-state index contributed by atoms with van der Waals surface area (Å²) in [7, 11) is 0. The van der Waals surface area contributed by atoms with E-state index in [0.29, 0.717) is 23.4 Å². The van der Waals surface area contributed by atoms with Gasteiger partial charge in [0, 0.05) is 6.92 Å². The summed E-state index contributed by atoms with van der Waals surface area (Å²) in [5.74, 6) is 6.93. The van der Waals surface area contributed by atoms with Crippen LogP contribution in [0.25, 0.3) is 0 Å². The molecule has 0 aromatic rings. The maximum absolute atomic E-state index is 11.4. The molecule has 3 fully saturated rings. The number of rotatable bonds is 7. The Balaban J connectivity index is 1.44. The molecule has 2 nitrogen and oxygen atoms in total. The highest BCUT2D eigenvalue weighted by atomic mass is 16.5. The molecule has 0 bridgehead atoms. The van der Waals surface area contributed by atoms with Gasteiger partial charge in [0.15, 0.2) is 0 Å². The van der Waals surface area contributed by atoms with Crippen LogP contribution in [0.4, 0.5) is 0 Å². The van der Waals surface area contributed by atoms with E-state index in [-0.39, 0.29) is 5.97 Å². The van der Waals surface area contributed by atoms with Crippen LogP contribution in [0.3, 0.4) is 0 Å². The first-order valence-corrected chi connectivity index (χ1v) is 13.9. The molecule has 3 saturated carbocycles. The molecule has 0 heterocycles. The van der Waals surface area contributed by atoms with Crippen LogP contribution < -0.4 is 0 Å². The van der Waals surface area contributed by atoms with Crippen molar-refractivity contribution in [2.75, 3.05) is 6.61 Å². The smallest absolute Gasteiger partial charge is 0.302 e. The highest BCUT2D eigenvalue weighted by Crippen LogP contribution is 2.68. The van der Waals surface area contributed by atoms with Gasteiger partial charge in [-0.3, -0.25) is 4.79 Å². The van der Waals surface area contributed by atoms with Gasteiger partial charge in [-0.25, -0.2) is 0 Å². The molecular formula is C30H50O2. The van der Waals surface area contributed by atoms with E-state index in [0.717, 1.165) is 47.3 Å². The van der Waals surface area contributed by atoms with Crippen molar-refractivity contribution in [3.05, 3.63) is 12.2 Å². The summed E-state index contributed by atoms with van der Waals surface area (Å²) in [5, 5.41) is 0. The number of allylic oxidation sites excluding steroid dienone is 2. The average Bonchev–Trinajstić information content (AvgIpc) is 3.26. The third kappa shape index (κ3) is 4.11. The van der Waals surface area contributed by atoms with E-state index in [1.54, 1.807) is 6.92 Å². The first-order valence-electron chi connectivity index (χ1n) is 13.9. The maximum atomic E-state index is 11.4. The van der Waals surface area contributed by atoms with Crippen molar-refractivity contribution >= 4 is 5.97 Å². The monoisotopic (exact) mass is 442 g/mol. The van der Waals surface area contributed by atoms with E-state index >= 15 is 0 Å². The van der Waals surface area contributed by atoms with E-state index in [9.17, 15) is 4.79 Å². The fraction of sp³-hybridized carbons (Fsp3) is 0.900. The van der Waals surface area contributed by atoms with E-state index in [2.05, 4.69) is 53.7 Å². The number of carbonyl (C=O) groups is 1. The van der Waals surface area contributed by atoms with Gasteiger partial charge in [0.25, 0.3) is 0 Å². The van der Waals surface area contributed by atoms with Crippen LogP contribution in [0.5, 0.6) is 0 Å². The van der Waals surface area contributed by atoms with Crippen molar-refractivity contribution in [3.8, 4) is 0 Å². The SMILES string of the molecule is CC(=O)OCC1CCC2(C)C1CCC1C3C=CC(C(C)CCC(C)C(C)C)C3(C)CCC12. The van der Waals surface area contributed by atoms with Crippen LogP contribution in [-0.4, -0.2) is 12.6 Å². The molecular weight excluding hydrogens is 392 g/mol. The molecule has 4 aliphatic rings. The van der Waals surface area contributed by atoms with Crippen LogP contribution in [0, 0.1) is 64.1 Å². The molecule has 0 radical (unpaired) electrons. The van der Waals surface area contributed by atoms with Crippen LogP contribution in [-0.2, 0) is 9.53 Å². The molecule has 2 heteroatoms. The fourth-order valence-electron chi connectivity index (χ4n) is 9.12. The van der Waals surface area contributed by atoms with Gasteiger partial charge in [-0.05, 0) is 109 Å². The van der Waals surface area contributed by atoms with Crippen LogP contribution >= 0.6 is 0 Å². The van der Waals surface area contributed by atoms with Crippen molar-refractivity contribution in [2.24, 2.45) is 64.1 Å². The molecule has 0 spiro atoms. The summed E-state index contributed by atoms with van der Waals surface area (Å²) in [4.78, 5) is 11.4. The number of hydrogen-bond donors (Lipinski definition) is 0. The predicted molar refractivity (Wildman–Crippen MR) is 133 cm³/mol. The largest absolute Gasteiger partial charge is 0.466 e. The molecule has 32 heavy (non-hydrogen) atoms. The summed E-state index contributed by atoms with van der Waals surface area (Å²) in [5.41, 5.74) is 0.930. The molecule has 0 amide bonds. The molecule has 0 aromatic carbocycles. The standard InChI is InChI=1S/C30H50O2/c1-19(2)20(3)8-9-21(4)25-12-13-27-24-10-11-26-23(18-32-22(5)31)14-16-30(26,7)28(24)15-17-29(25,27)6/h12-13,19-21,23-28H,8-11,14-18H2,1-7H3. The average molecular weight is 443 g/mol. The van der Waals surface area contributed by atoms with Crippen molar-refractivity contribution in [3.63, 3.8) is 0 Å². The Kier molecular flexibility index (Phi) is 6.92. The molecule has 10 atom stereocenters. The Labute approximate surface area is 198 Å². The Hall–Kier alpha value is -0.790. The second-order valence-electron chi connectivity index (χ2n) is 13.3. The lowest BCUT2D eigenvalue weighted by Gasteiger charge is -2.58. The summed E-state index contributed by atoms with van der Waals surface area (Å²) in [6.07, 6.45) is 16.2. The third-order valence-corrected chi connectivity index (χ3v) is 11.5. The summed E-state index contributed by atoms with van der Waals surface area (Å²) in [6, 6.07) is 0. The molecule has 0 N–H and O–H groups in total. The zero-order valence-corrected chi connectivity index (χ0v) is 22.0. The summed E-state index contributed by atoms with van der Waals surface area (Å²) < 4.78 is 5.49. The zero-order valence-electron chi connectivity index (χ0n) is 22.0. The zero-order chi connectivity index (χ0) is 23.3. The first kappa shape index (κ1) is 24.3. The summed E-state index contributed by atoms with van der Waals surface area (Å²) >= 11 is 0. The molecule has 182 valence electrons. The second-order valence-corrected chi connectivity index (χ2v) is 13.3. The minimum absolute atomic E-state index is 0.111. The number of ether oxygens (including phenoxy) is 1. The van der Waals surface area contributed by atoms with Gasteiger partial charge in [-0.1, -0.05) is 60.1 Å². The van der Waals surface area contributed by atoms with Gasteiger partial charge in [0.2, 0.25) is 0 Å². The number of hydrogen-bond acceptors (Lipinski definition) is 2. The minimum Gasteiger partial charge on any atom is -0.466 e. The summed E-state index contributed by atoms with van der Waals surface area (Å²) in [6.45, 7) is 17.2. The minimum atomic E-state index is -0.111. The molecule has 0 aromatic heterocycles. The Morgan fingerprint density at radius 1 is 0.938 bits per heavy atom. The van der Waals surface area contributed by atoms with Gasteiger partial charge >= 0.3 is 5.97 Å². The molecule has 0 aliphatic heterocycles. The lowest BCUT2D eigenvalue weighted by Crippen LogP contribution is -2.51. The van der Waals surface area contributed by atoms with Crippen molar-refractivity contribution in [1.82, 2.24) is 0 Å². The number of fused-ring (bicyclic) bond motifs is 5. The quantitative estimate of drug-likeness (QED) is 0.296. The second kappa shape index (κ2) is 9.10. The first-order chi connectivity index (χ1) is 15.1. The van der Waals surface area contributed by atoms with Crippen LogP contribution in [0.1, 0.15) is 99.8 Å². The van der Waals surface area contributed by atoms with E-state index < -0.39 is 0 Å². The Morgan fingerprint density at radius 3 is 2.34 bits per heavy atom. The lowest BCUT2D eigenvalue weighted by atomic mass is 9.46. The fourth-order valence-corrected chi connectivity index (χ4v) is 9.12. The highest BCUT2D eigenvalue weighted by Gasteiger charge is 2.61. The molecule has 10 unspecified atom stereocenters. The topological polar surface area (TPSA) is 26.3 Å². The van der Waals surface area contributed by atoms with Crippen molar-refractivity contribution in [2.45, 2.75) is 99.8 Å². The van der Waals surface area contributed by atoms with Gasteiger partial charge in [-0.15, -0.1) is 0 Å². The Bertz CT molecular complexity index is 710. The van der Waals surface area contributed by atoms with Gasteiger partial charge in [-0.2, -0.15) is 0 Å². The van der Waals surface area contributed by atoms with Crippen molar-refractivity contribution in [1.29, 1.82) is 0 Å². The van der Waals surface area contributed by atoms with Gasteiger partial charge in [0.1, 0.15) is 0 Å². The highest BCUT2D eigenvalue weighted by molar-refractivity contribution is 5.65. The normalized spacial score (nSPS) is 44.6. The Morgan fingerprint density at radius 2 is 1.66 bits per heavy atom. The predicted octanol–water partition coefficient (Wildman–Crippen LogP) is 7.92. The van der Waals surface area contributed by atoms with Gasteiger partial charge < -0.3 is 4.74 Å². The number of esters is 1. The molecule has 0 saturated heterocycles. The van der Waals surface area contributed by atoms with E-state index in [4.69, 9.17) is 4.74 Å². The van der Waals surface area contributed by atoms with Crippen LogP contribution in [0.15, 0.2) is 12.2 Å². The van der Waals surface area contributed by atoms with Gasteiger partial charge in [0.05, 0.1) is 6.61 Å². The molecule has 4 aliphatic carbocycles. The third-order valence-electron chi connectivity index (χ3n) is 11.5. The van der Waals surface area contributed by atoms with E-state index in [1.807, 2.05) is 0 Å².